The number of hydrogen-bond donors (Lipinski definition) is 0. The summed E-state index contributed by atoms with van der Waals surface area (Å²) in [6, 6.07) is 21.2. The molecule has 6 heteroatoms. The third-order valence-electron chi connectivity index (χ3n) is 4.57. The summed E-state index contributed by atoms with van der Waals surface area (Å²) in [6.45, 7) is 1.47. The van der Waals surface area contributed by atoms with Gasteiger partial charge in [0, 0.05) is 0 Å². The number of nitrogens with zero attached hydrogens (tertiary/aromatic N) is 1. The molecule has 0 aliphatic carbocycles. The summed E-state index contributed by atoms with van der Waals surface area (Å²) in [7, 11) is 0. The summed E-state index contributed by atoms with van der Waals surface area (Å²) >= 11 is 0. The van der Waals surface area contributed by atoms with Crippen LogP contribution in [0.4, 0.5) is 0 Å². The zero-order valence-electron chi connectivity index (χ0n) is 15.6. The van der Waals surface area contributed by atoms with Gasteiger partial charge >= 0.3 is 5.97 Å². The van der Waals surface area contributed by atoms with Crippen LogP contribution in [0.25, 0.3) is 0 Å². The first-order valence-electron chi connectivity index (χ1n) is 9.06. The number of imide groups is 1. The van der Waals surface area contributed by atoms with E-state index in [0.717, 1.165) is 4.90 Å². The molecule has 0 aromatic heterocycles. The largest absolute Gasteiger partial charge is 0.457 e. The number of para-hydroxylation sites is 1. The average molecular weight is 387 g/mol. The summed E-state index contributed by atoms with van der Waals surface area (Å²) in [5.74, 6) is -0.126. The number of amides is 2. The van der Waals surface area contributed by atoms with E-state index in [1.165, 1.54) is 6.92 Å². The minimum absolute atomic E-state index is 0.291. The number of fused-ring (bicyclic) bond motifs is 1. The molecule has 1 heterocycles. The second-order valence-electron chi connectivity index (χ2n) is 6.51. The molecule has 0 saturated carbocycles. The molecule has 0 fully saturated rings. The maximum atomic E-state index is 12.5. The maximum Gasteiger partial charge on any atom is 0.334 e. The molecule has 0 spiro atoms. The van der Waals surface area contributed by atoms with Gasteiger partial charge in [0.15, 0.2) is 0 Å². The van der Waals surface area contributed by atoms with Gasteiger partial charge in [-0.05, 0) is 55.5 Å². The molecule has 0 radical (unpaired) electrons. The Balaban J connectivity index is 1.43. The van der Waals surface area contributed by atoms with E-state index in [-0.39, 0.29) is 0 Å². The first-order chi connectivity index (χ1) is 14.0. The third-order valence-corrected chi connectivity index (χ3v) is 4.57. The molecule has 0 saturated heterocycles. The van der Waals surface area contributed by atoms with Gasteiger partial charge in [-0.15, -0.1) is 0 Å². The average Bonchev–Trinajstić information content (AvgIpc) is 3.00. The Bertz CT molecular complexity index is 1040. The van der Waals surface area contributed by atoms with Gasteiger partial charge in [-0.2, -0.15) is 0 Å². The summed E-state index contributed by atoms with van der Waals surface area (Å²) in [5.41, 5.74) is 0.583. The van der Waals surface area contributed by atoms with Crippen LogP contribution in [0.2, 0.25) is 0 Å². The van der Waals surface area contributed by atoms with E-state index < -0.39 is 23.8 Å². The number of carbonyl (C=O) groups excluding carboxylic acids is 3. The highest BCUT2D eigenvalue weighted by Gasteiger charge is 2.41. The lowest BCUT2D eigenvalue weighted by Gasteiger charge is -2.20. The molecule has 144 valence electrons. The first kappa shape index (κ1) is 18.4. The molecule has 1 aliphatic rings. The molecule has 4 rings (SSSR count). The Morgan fingerprint density at radius 2 is 1.21 bits per heavy atom. The predicted molar refractivity (Wildman–Crippen MR) is 105 cm³/mol. The Morgan fingerprint density at radius 1 is 0.724 bits per heavy atom. The van der Waals surface area contributed by atoms with E-state index in [4.69, 9.17) is 9.47 Å². The molecule has 1 atom stereocenters. The first-order valence-corrected chi connectivity index (χ1v) is 9.06. The van der Waals surface area contributed by atoms with Crippen LogP contribution in [0.5, 0.6) is 17.2 Å². The van der Waals surface area contributed by atoms with Gasteiger partial charge < -0.3 is 9.47 Å². The van der Waals surface area contributed by atoms with Crippen molar-refractivity contribution >= 4 is 17.8 Å². The van der Waals surface area contributed by atoms with E-state index in [9.17, 15) is 14.4 Å². The summed E-state index contributed by atoms with van der Waals surface area (Å²) in [4.78, 5) is 38.5. The Kier molecular flexibility index (Phi) is 4.83. The topological polar surface area (TPSA) is 72.9 Å². The van der Waals surface area contributed by atoms with Crippen LogP contribution < -0.4 is 9.47 Å². The highest BCUT2D eigenvalue weighted by molar-refractivity contribution is 6.22. The zero-order chi connectivity index (χ0) is 20.4. The van der Waals surface area contributed by atoms with Gasteiger partial charge in [0.25, 0.3) is 11.8 Å². The SMILES string of the molecule is C[C@@H](C(=O)Oc1ccc(Oc2ccccc2)cc1)N1C(=O)c2ccccc2C1=O. The molecule has 6 nitrogen and oxygen atoms in total. The van der Waals surface area contributed by atoms with Crippen molar-refractivity contribution in [2.75, 3.05) is 0 Å². The summed E-state index contributed by atoms with van der Waals surface area (Å²) < 4.78 is 11.0. The van der Waals surface area contributed by atoms with Crippen LogP contribution in [0.1, 0.15) is 27.6 Å². The van der Waals surface area contributed by atoms with Crippen LogP contribution >= 0.6 is 0 Å². The Labute approximate surface area is 167 Å². The van der Waals surface area contributed by atoms with E-state index in [1.807, 2.05) is 30.3 Å². The van der Waals surface area contributed by atoms with Gasteiger partial charge in [-0.3, -0.25) is 14.5 Å². The zero-order valence-corrected chi connectivity index (χ0v) is 15.6. The summed E-state index contributed by atoms with van der Waals surface area (Å²) in [6.07, 6.45) is 0. The Hall–Kier alpha value is -3.93. The predicted octanol–water partition coefficient (Wildman–Crippen LogP) is 4.07. The molecule has 29 heavy (non-hydrogen) atoms. The molecular weight excluding hydrogens is 370 g/mol. The fourth-order valence-electron chi connectivity index (χ4n) is 3.07. The minimum atomic E-state index is -1.05. The van der Waals surface area contributed by atoms with E-state index >= 15 is 0 Å². The van der Waals surface area contributed by atoms with Gasteiger partial charge in [0.2, 0.25) is 0 Å². The lowest BCUT2D eigenvalue weighted by atomic mass is 10.1. The van der Waals surface area contributed by atoms with Crippen LogP contribution in [0.15, 0.2) is 78.9 Å². The summed E-state index contributed by atoms with van der Waals surface area (Å²) in [5, 5.41) is 0. The van der Waals surface area contributed by atoms with E-state index in [0.29, 0.717) is 28.4 Å². The minimum Gasteiger partial charge on any atom is -0.457 e. The van der Waals surface area contributed by atoms with Gasteiger partial charge in [0.05, 0.1) is 11.1 Å². The molecule has 3 aromatic rings. The van der Waals surface area contributed by atoms with Crippen molar-refractivity contribution in [2.24, 2.45) is 0 Å². The van der Waals surface area contributed by atoms with Crippen molar-refractivity contribution < 1.29 is 23.9 Å². The fraction of sp³-hybridized carbons (Fsp3) is 0.0870. The van der Waals surface area contributed by atoms with Crippen LogP contribution in [0, 0.1) is 0 Å². The third kappa shape index (κ3) is 3.60. The van der Waals surface area contributed by atoms with Crippen molar-refractivity contribution in [2.45, 2.75) is 13.0 Å². The van der Waals surface area contributed by atoms with E-state index in [1.54, 1.807) is 48.5 Å². The molecule has 2 amide bonds. The van der Waals surface area contributed by atoms with Crippen molar-refractivity contribution in [3.8, 4) is 17.2 Å². The standard InChI is InChI=1S/C23H17NO5/c1-15(24-21(25)19-9-5-6-10-20(19)22(24)26)23(27)29-18-13-11-17(12-14-18)28-16-7-3-2-4-8-16/h2-15H,1H3/t15-/m0/s1. The van der Waals surface area contributed by atoms with Crippen molar-refractivity contribution in [3.05, 3.63) is 90.0 Å². The highest BCUT2D eigenvalue weighted by atomic mass is 16.5. The second-order valence-corrected chi connectivity index (χ2v) is 6.51. The van der Waals surface area contributed by atoms with Crippen LogP contribution in [-0.4, -0.2) is 28.7 Å². The van der Waals surface area contributed by atoms with E-state index in [2.05, 4.69) is 0 Å². The molecule has 1 aliphatic heterocycles. The van der Waals surface area contributed by atoms with Crippen molar-refractivity contribution in [1.29, 1.82) is 0 Å². The lowest BCUT2D eigenvalue weighted by Crippen LogP contribution is -2.44. The normalized spacial score (nSPS) is 13.8. The quantitative estimate of drug-likeness (QED) is 0.375. The van der Waals surface area contributed by atoms with Crippen molar-refractivity contribution in [3.63, 3.8) is 0 Å². The number of rotatable bonds is 5. The fourth-order valence-corrected chi connectivity index (χ4v) is 3.07. The number of carbonyl (C=O) groups is 3. The Morgan fingerprint density at radius 3 is 1.79 bits per heavy atom. The molecule has 0 bridgehead atoms. The highest BCUT2D eigenvalue weighted by Crippen LogP contribution is 2.26. The number of hydrogen-bond acceptors (Lipinski definition) is 5. The number of esters is 1. The molecule has 0 N–H and O–H groups in total. The van der Waals surface area contributed by atoms with Gasteiger partial charge in [-0.1, -0.05) is 30.3 Å². The number of ether oxygens (including phenoxy) is 2. The smallest absolute Gasteiger partial charge is 0.334 e. The molecule has 3 aromatic carbocycles. The van der Waals surface area contributed by atoms with Crippen LogP contribution in [-0.2, 0) is 4.79 Å². The monoisotopic (exact) mass is 387 g/mol. The lowest BCUT2D eigenvalue weighted by molar-refractivity contribution is -0.138. The number of benzene rings is 3. The molecular formula is C23H17NO5. The second kappa shape index (κ2) is 7.59. The maximum absolute atomic E-state index is 12.5. The van der Waals surface area contributed by atoms with Gasteiger partial charge in [-0.25, -0.2) is 4.79 Å². The van der Waals surface area contributed by atoms with Crippen LogP contribution in [0.3, 0.4) is 0 Å². The molecule has 0 unspecified atom stereocenters. The van der Waals surface area contributed by atoms with Gasteiger partial charge in [0.1, 0.15) is 23.3 Å². The van der Waals surface area contributed by atoms with Crippen molar-refractivity contribution in [1.82, 2.24) is 4.90 Å².